The highest BCUT2D eigenvalue weighted by atomic mass is 35.5. The molecule has 2 amide bonds. The molecule has 0 fully saturated rings. The van der Waals surface area contributed by atoms with E-state index in [1.165, 1.54) is 29.2 Å². The Bertz CT molecular complexity index is 1110. The molecule has 0 aliphatic rings. The zero-order valence-corrected chi connectivity index (χ0v) is 20.7. The first-order chi connectivity index (χ1) is 16.8. The van der Waals surface area contributed by atoms with Crippen LogP contribution in [-0.4, -0.2) is 35.9 Å². The van der Waals surface area contributed by atoms with Crippen LogP contribution in [0.3, 0.4) is 0 Å². The van der Waals surface area contributed by atoms with Crippen LogP contribution in [0.4, 0.5) is 4.39 Å². The first-order valence-electron chi connectivity index (χ1n) is 11.6. The average Bonchev–Trinajstić information content (AvgIpc) is 2.85. The molecular weight excluding hydrogens is 467 g/mol. The SMILES string of the molecule is CC(C)CNC(=O)[C@@H](Cc1ccccc1)N(Cc1ccccc1Cl)C(=O)COc1ccc(F)cc1. The van der Waals surface area contributed by atoms with Gasteiger partial charge >= 0.3 is 0 Å². The van der Waals surface area contributed by atoms with Crippen molar-refractivity contribution in [2.45, 2.75) is 32.9 Å². The molecule has 0 aliphatic carbocycles. The van der Waals surface area contributed by atoms with Gasteiger partial charge < -0.3 is 15.0 Å². The fourth-order valence-electron chi connectivity index (χ4n) is 3.55. The summed E-state index contributed by atoms with van der Waals surface area (Å²) >= 11 is 6.40. The maximum atomic E-state index is 13.5. The maximum absolute atomic E-state index is 13.5. The fourth-order valence-corrected chi connectivity index (χ4v) is 3.74. The second kappa shape index (κ2) is 12.9. The molecule has 3 aromatic rings. The highest BCUT2D eigenvalue weighted by molar-refractivity contribution is 6.31. The van der Waals surface area contributed by atoms with Gasteiger partial charge in [-0.1, -0.05) is 74.0 Å². The molecule has 1 N–H and O–H groups in total. The smallest absolute Gasteiger partial charge is 0.261 e. The van der Waals surface area contributed by atoms with Crippen molar-refractivity contribution < 1.29 is 18.7 Å². The van der Waals surface area contributed by atoms with Gasteiger partial charge in [-0.3, -0.25) is 9.59 Å². The number of hydrogen-bond donors (Lipinski definition) is 1. The summed E-state index contributed by atoms with van der Waals surface area (Å²) in [5, 5.41) is 3.48. The number of nitrogens with one attached hydrogen (secondary N) is 1. The van der Waals surface area contributed by atoms with Crippen molar-refractivity contribution in [1.29, 1.82) is 0 Å². The van der Waals surface area contributed by atoms with Gasteiger partial charge in [-0.25, -0.2) is 4.39 Å². The predicted octanol–water partition coefficient (Wildman–Crippen LogP) is 5.27. The van der Waals surface area contributed by atoms with Gasteiger partial charge in [0.1, 0.15) is 17.6 Å². The average molecular weight is 497 g/mol. The highest BCUT2D eigenvalue weighted by Crippen LogP contribution is 2.21. The Morgan fingerprint density at radius 3 is 2.29 bits per heavy atom. The van der Waals surface area contributed by atoms with Crippen LogP contribution in [0, 0.1) is 11.7 Å². The molecule has 35 heavy (non-hydrogen) atoms. The Kier molecular flexibility index (Phi) is 9.67. The number of nitrogens with zero attached hydrogens (tertiary/aromatic N) is 1. The third-order valence-corrected chi connectivity index (χ3v) is 5.80. The fraction of sp³-hybridized carbons (Fsp3) is 0.286. The minimum absolute atomic E-state index is 0.137. The van der Waals surface area contributed by atoms with Gasteiger partial charge in [0.2, 0.25) is 5.91 Å². The summed E-state index contributed by atoms with van der Waals surface area (Å²) < 4.78 is 18.9. The summed E-state index contributed by atoms with van der Waals surface area (Å²) in [6.07, 6.45) is 0.331. The third-order valence-electron chi connectivity index (χ3n) is 5.43. The molecule has 0 saturated heterocycles. The van der Waals surface area contributed by atoms with Crippen LogP contribution in [0.2, 0.25) is 5.02 Å². The lowest BCUT2D eigenvalue weighted by molar-refractivity contribution is -0.142. The van der Waals surface area contributed by atoms with Crippen LogP contribution >= 0.6 is 11.6 Å². The van der Waals surface area contributed by atoms with Gasteiger partial charge in [-0.15, -0.1) is 0 Å². The van der Waals surface area contributed by atoms with E-state index in [1.807, 2.05) is 62.4 Å². The Balaban J connectivity index is 1.90. The molecule has 0 heterocycles. The Labute approximate surface area is 210 Å². The van der Waals surface area contributed by atoms with E-state index in [0.29, 0.717) is 23.7 Å². The second-order valence-electron chi connectivity index (χ2n) is 8.70. The van der Waals surface area contributed by atoms with Crippen molar-refractivity contribution in [1.82, 2.24) is 10.2 Å². The molecule has 3 aromatic carbocycles. The predicted molar refractivity (Wildman–Crippen MR) is 136 cm³/mol. The van der Waals surface area contributed by atoms with Gasteiger partial charge in [-0.2, -0.15) is 0 Å². The summed E-state index contributed by atoms with van der Waals surface area (Å²) in [5.41, 5.74) is 1.65. The number of rotatable bonds is 11. The van der Waals surface area contributed by atoms with Gasteiger partial charge in [0.15, 0.2) is 6.61 Å². The number of amides is 2. The van der Waals surface area contributed by atoms with Crippen molar-refractivity contribution in [2.24, 2.45) is 5.92 Å². The lowest BCUT2D eigenvalue weighted by Crippen LogP contribution is -2.52. The molecule has 0 aliphatic heterocycles. The Morgan fingerprint density at radius 2 is 1.63 bits per heavy atom. The molecule has 0 radical (unpaired) electrons. The van der Waals surface area contributed by atoms with E-state index in [9.17, 15) is 14.0 Å². The lowest BCUT2D eigenvalue weighted by atomic mass is 10.0. The molecule has 5 nitrogen and oxygen atoms in total. The van der Waals surface area contributed by atoms with Crippen LogP contribution in [0.1, 0.15) is 25.0 Å². The van der Waals surface area contributed by atoms with Gasteiger partial charge in [0.25, 0.3) is 5.91 Å². The van der Waals surface area contributed by atoms with Gasteiger partial charge in [-0.05, 0) is 47.4 Å². The van der Waals surface area contributed by atoms with Gasteiger partial charge in [0.05, 0.1) is 0 Å². The first-order valence-corrected chi connectivity index (χ1v) is 11.9. The van der Waals surface area contributed by atoms with E-state index in [1.54, 1.807) is 6.07 Å². The quantitative estimate of drug-likeness (QED) is 0.393. The number of ether oxygens (including phenoxy) is 1. The second-order valence-corrected chi connectivity index (χ2v) is 9.11. The van der Waals surface area contributed by atoms with E-state index >= 15 is 0 Å². The molecule has 0 spiro atoms. The van der Waals surface area contributed by atoms with Crippen molar-refractivity contribution >= 4 is 23.4 Å². The lowest BCUT2D eigenvalue weighted by Gasteiger charge is -2.32. The van der Waals surface area contributed by atoms with Crippen molar-refractivity contribution in [3.8, 4) is 5.75 Å². The number of hydrogen-bond acceptors (Lipinski definition) is 3. The standard InChI is InChI=1S/C28H30ClFN2O3/c1-20(2)17-31-28(34)26(16-21-8-4-3-5-9-21)32(18-22-10-6-7-11-25(22)29)27(33)19-35-24-14-12-23(30)13-15-24/h3-15,20,26H,16-19H2,1-2H3,(H,31,34)/t26-/m1/s1. The largest absolute Gasteiger partial charge is 0.484 e. The molecule has 7 heteroatoms. The van der Waals surface area contributed by atoms with Crippen LogP contribution in [0.15, 0.2) is 78.9 Å². The van der Waals surface area contributed by atoms with E-state index in [2.05, 4.69) is 5.32 Å². The molecule has 184 valence electrons. The zero-order chi connectivity index (χ0) is 25.2. The van der Waals surface area contributed by atoms with Gasteiger partial charge in [0, 0.05) is 24.5 Å². The monoisotopic (exact) mass is 496 g/mol. The van der Waals surface area contributed by atoms with E-state index < -0.39 is 11.9 Å². The summed E-state index contributed by atoms with van der Waals surface area (Å²) in [4.78, 5) is 28.3. The number of carbonyl (C=O) groups excluding carboxylic acids is 2. The molecule has 3 rings (SSSR count). The molecular formula is C28H30ClFN2O3. The summed E-state index contributed by atoms with van der Waals surface area (Å²) in [6, 6.07) is 21.4. The zero-order valence-electron chi connectivity index (χ0n) is 19.9. The van der Waals surface area contributed by atoms with Crippen LogP contribution < -0.4 is 10.1 Å². The van der Waals surface area contributed by atoms with E-state index in [4.69, 9.17) is 16.3 Å². The Morgan fingerprint density at radius 1 is 0.971 bits per heavy atom. The van der Waals surface area contributed by atoms with Crippen molar-refractivity contribution in [3.63, 3.8) is 0 Å². The van der Waals surface area contributed by atoms with E-state index in [0.717, 1.165) is 11.1 Å². The minimum atomic E-state index is -0.781. The summed E-state index contributed by atoms with van der Waals surface area (Å²) in [6.45, 7) is 4.34. The van der Waals surface area contributed by atoms with Crippen molar-refractivity contribution in [3.05, 3.63) is 101 Å². The molecule has 1 atom stereocenters. The van der Waals surface area contributed by atoms with Crippen LogP contribution in [-0.2, 0) is 22.6 Å². The number of carbonyl (C=O) groups is 2. The van der Waals surface area contributed by atoms with Crippen LogP contribution in [0.25, 0.3) is 0 Å². The highest BCUT2D eigenvalue weighted by Gasteiger charge is 2.31. The van der Waals surface area contributed by atoms with Crippen LogP contribution in [0.5, 0.6) is 5.75 Å². The molecule has 0 unspecified atom stereocenters. The van der Waals surface area contributed by atoms with E-state index in [-0.39, 0.29) is 30.9 Å². The number of halogens is 2. The molecule has 0 bridgehead atoms. The minimum Gasteiger partial charge on any atom is -0.484 e. The van der Waals surface area contributed by atoms with Crippen molar-refractivity contribution in [2.75, 3.05) is 13.2 Å². The molecule has 0 aromatic heterocycles. The first kappa shape index (κ1) is 26.2. The maximum Gasteiger partial charge on any atom is 0.261 e. The summed E-state index contributed by atoms with van der Waals surface area (Å²) in [5.74, 6) is -0.402. The number of benzene rings is 3. The summed E-state index contributed by atoms with van der Waals surface area (Å²) in [7, 11) is 0. The normalized spacial score (nSPS) is 11.7. The molecule has 0 saturated carbocycles. The third kappa shape index (κ3) is 8.11. The topological polar surface area (TPSA) is 58.6 Å². The Hall–Kier alpha value is -3.38.